The van der Waals surface area contributed by atoms with Gasteiger partial charge in [-0.1, -0.05) is 79.6 Å². The van der Waals surface area contributed by atoms with E-state index in [1.807, 2.05) is 0 Å². The number of hydrogen-bond acceptors (Lipinski definition) is 0. The van der Waals surface area contributed by atoms with E-state index in [-0.39, 0.29) is 0 Å². The molecule has 0 radical (unpaired) electrons. The molecule has 0 aromatic rings. The van der Waals surface area contributed by atoms with E-state index < -0.39 is 0 Å². The molecule has 0 heterocycles. The molecule has 1 saturated carbocycles. The minimum Gasteiger partial charge on any atom is -0.0654 e. The van der Waals surface area contributed by atoms with Crippen molar-refractivity contribution in [2.45, 2.75) is 105 Å². The predicted octanol–water partition coefficient (Wildman–Crippen LogP) is 7.23. The third-order valence-electron chi connectivity index (χ3n) is 5.85. The largest absolute Gasteiger partial charge is 0.0654 e. The molecule has 1 aliphatic rings. The van der Waals surface area contributed by atoms with E-state index in [2.05, 4.69) is 34.6 Å². The van der Waals surface area contributed by atoms with Gasteiger partial charge in [0, 0.05) is 0 Å². The van der Waals surface area contributed by atoms with Gasteiger partial charge in [-0.15, -0.1) is 0 Å². The van der Waals surface area contributed by atoms with Gasteiger partial charge in [0.25, 0.3) is 0 Å². The van der Waals surface area contributed by atoms with Crippen molar-refractivity contribution in [3.8, 4) is 0 Å². The van der Waals surface area contributed by atoms with E-state index in [1.54, 1.807) is 0 Å². The lowest BCUT2D eigenvalue weighted by Gasteiger charge is -2.41. The number of hydrogen-bond donors (Lipinski definition) is 0. The zero-order chi connectivity index (χ0) is 15.0. The van der Waals surface area contributed by atoms with Gasteiger partial charge < -0.3 is 0 Å². The average molecular weight is 281 g/mol. The SMILES string of the molecule is CCCCCCC(C)CC(C)CCC(C)(C)C1CCC1. The van der Waals surface area contributed by atoms with Gasteiger partial charge in [-0.25, -0.2) is 0 Å². The standard InChI is InChI=1S/C20H40/c1-6-7-8-9-11-17(2)16-18(3)14-15-20(4,5)19-12-10-13-19/h17-19H,6-16H2,1-5H3. The van der Waals surface area contributed by atoms with Crippen molar-refractivity contribution in [1.29, 1.82) is 0 Å². The summed E-state index contributed by atoms with van der Waals surface area (Å²) in [5.41, 5.74) is 0.608. The van der Waals surface area contributed by atoms with Crippen LogP contribution in [-0.2, 0) is 0 Å². The molecule has 1 aliphatic carbocycles. The van der Waals surface area contributed by atoms with Crippen LogP contribution in [0.1, 0.15) is 105 Å². The highest BCUT2D eigenvalue weighted by molar-refractivity contribution is 4.84. The molecule has 1 fully saturated rings. The van der Waals surface area contributed by atoms with Crippen LogP contribution in [-0.4, -0.2) is 0 Å². The molecule has 0 nitrogen and oxygen atoms in total. The summed E-state index contributed by atoms with van der Waals surface area (Å²) < 4.78 is 0. The predicted molar refractivity (Wildman–Crippen MR) is 92.1 cm³/mol. The van der Waals surface area contributed by atoms with E-state index in [1.165, 1.54) is 70.6 Å². The van der Waals surface area contributed by atoms with E-state index in [9.17, 15) is 0 Å². The van der Waals surface area contributed by atoms with Crippen molar-refractivity contribution in [1.82, 2.24) is 0 Å². The van der Waals surface area contributed by atoms with Gasteiger partial charge in [-0.05, 0) is 48.9 Å². The monoisotopic (exact) mass is 280 g/mol. The van der Waals surface area contributed by atoms with E-state index in [4.69, 9.17) is 0 Å². The topological polar surface area (TPSA) is 0 Å². The lowest BCUT2D eigenvalue weighted by Crippen LogP contribution is -2.30. The molecule has 0 bridgehead atoms. The first-order valence-corrected chi connectivity index (χ1v) is 9.45. The van der Waals surface area contributed by atoms with Crippen LogP contribution in [0.2, 0.25) is 0 Å². The summed E-state index contributed by atoms with van der Waals surface area (Å²) >= 11 is 0. The fourth-order valence-corrected chi connectivity index (χ4v) is 3.85. The summed E-state index contributed by atoms with van der Waals surface area (Å²) in [6.45, 7) is 12.3. The van der Waals surface area contributed by atoms with Crippen LogP contribution in [0.3, 0.4) is 0 Å². The lowest BCUT2D eigenvalue weighted by molar-refractivity contribution is 0.101. The molecular formula is C20H40. The Balaban J connectivity index is 2.10. The number of rotatable bonds is 11. The van der Waals surface area contributed by atoms with Crippen molar-refractivity contribution in [3.05, 3.63) is 0 Å². The molecule has 0 aromatic carbocycles. The summed E-state index contributed by atoms with van der Waals surface area (Å²) in [6, 6.07) is 0. The van der Waals surface area contributed by atoms with E-state index in [0.717, 1.165) is 17.8 Å². The van der Waals surface area contributed by atoms with E-state index in [0.29, 0.717) is 5.41 Å². The molecule has 2 atom stereocenters. The Morgan fingerprint density at radius 2 is 1.60 bits per heavy atom. The first-order valence-electron chi connectivity index (χ1n) is 9.45. The van der Waals surface area contributed by atoms with Crippen molar-refractivity contribution < 1.29 is 0 Å². The van der Waals surface area contributed by atoms with Crippen LogP contribution >= 0.6 is 0 Å². The molecule has 0 N–H and O–H groups in total. The van der Waals surface area contributed by atoms with Crippen molar-refractivity contribution >= 4 is 0 Å². The maximum Gasteiger partial charge on any atom is -0.0326 e. The van der Waals surface area contributed by atoms with Crippen molar-refractivity contribution in [2.75, 3.05) is 0 Å². The Labute approximate surface area is 129 Å². The molecule has 120 valence electrons. The van der Waals surface area contributed by atoms with Gasteiger partial charge in [0.15, 0.2) is 0 Å². The third-order valence-corrected chi connectivity index (χ3v) is 5.85. The minimum absolute atomic E-state index is 0.608. The van der Waals surface area contributed by atoms with Crippen molar-refractivity contribution in [2.24, 2.45) is 23.2 Å². The summed E-state index contributed by atoms with van der Waals surface area (Å²) in [6.07, 6.45) is 16.0. The normalized spacial score (nSPS) is 19.6. The Morgan fingerprint density at radius 3 is 2.15 bits per heavy atom. The molecule has 1 rings (SSSR count). The molecule has 0 aromatic heterocycles. The third kappa shape index (κ3) is 6.64. The minimum atomic E-state index is 0.608. The maximum atomic E-state index is 2.51. The smallest absolute Gasteiger partial charge is 0.0326 e. The molecule has 0 spiro atoms. The Hall–Kier alpha value is 0. The molecule has 20 heavy (non-hydrogen) atoms. The fourth-order valence-electron chi connectivity index (χ4n) is 3.85. The molecule has 0 saturated heterocycles. The summed E-state index contributed by atoms with van der Waals surface area (Å²) in [4.78, 5) is 0. The molecular weight excluding hydrogens is 240 g/mol. The molecule has 0 amide bonds. The van der Waals surface area contributed by atoms with Crippen LogP contribution in [0.5, 0.6) is 0 Å². The summed E-state index contributed by atoms with van der Waals surface area (Å²) in [5, 5.41) is 0. The van der Waals surface area contributed by atoms with Gasteiger partial charge >= 0.3 is 0 Å². The Morgan fingerprint density at radius 1 is 0.950 bits per heavy atom. The Kier molecular flexibility index (Phi) is 8.22. The first kappa shape index (κ1) is 18.1. The van der Waals surface area contributed by atoms with E-state index >= 15 is 0 Å². The number of unbranched alkanes of at least 4 members (excludes halogenated alkanes) is 3. The second-order valence-electron chi connectivity index (χ2n) is 8.45. The highest BCUT2D eigenvalue weighted by Gasteiger charge is 2.33. The van der Waals surface area contributed by atoms with Gasteiger partial charge in [-0.3, -0.25) is 0 Å². The second kappa shape index (κ2) is 9.11. The van der Waals surface area contributed by atoms with Gasteiger partial charge in [0.1, 0.15) is 0 Å². The van der Waals surface area contributed by atoms with Crippen LogP contribution < -0.4 is 0 Å². The zero-order valence-corrected chi connectivity index (χ0v) is 15.0. The first-order chi connectivity index (χ1) is 9.45. The summed E-state index contributed by atoms with van der Waals surface area (Å²) in [5.74, 6) is 2.89. The highest BCUT2D eigenvalue weighted by Crippen LogP contribution is 2.45. The average Bonchev–Trinajstić information content (AvgIpc) is 2.29. The molecule has 2 unspecified atom stereocenters. The Bertz CT molecular complexity index is 236. The zero-order valence-electron chi connectivity index (χ0n) is 15.0. The fraction of sp³-hybridized carbons (Fsp3) is 1.00. The maximum absolute atomic E-state index is 2.51. The highest BCUT2D eigenvalue weighted by atomic mass is 14.4. The van der Waals surface area contributed by atoms with Crippen LogP contribution in [0.15, 0.2) is 0 Å². The molecule has 0 heteroatoms. The second-order valence-corrected chi connectivity index (χ2v) is 8.45. The van der Waals surface area contributed by atoms with Crippen LogP contribution in [0, 0.1) is 23.2 Å². The lowest BCUT2D eigenvalue weighted by atomic mass is 9.65. The van der Waals surface area contributed by atoms with Crippen molar-refractivity contribution in [3.63, 3.8) is 0 Å². The van der Waals surface area contributed by atoms with Gasteiger partial charge in [-0.2, -0.15) is 0 Å². The summed E-state index contributed by atoms with van der Waals surface area (Å²) in [7, 11) is 0. The van der Waals surface area contributed by atoms with Crippen LogP contribution in [0.4, 0.5) is 0 Å². The van der Waals surface area contributed by atoms with Gasteiger partial charge in [0.05, 0.1) is 0 Å². The van der Waals surface area contributed by atoms with Crippen LogP contribution in [0.25, 0.3) is 0 Å². The quantitative estimate of drug-likeness (QED) is 0.350. The molecule has 0 aliphatic heterocycles. The van der Waals surface area contributed by atoms with Gasteiger partial charge in [0.2, 0.25) is 0 Å².